The van der Waals surface area contributed by atoms with E-state index in [9.17, 15) is 14.3 Å². The summed E-state index contributed by atoms with van der Waals surface area (Å²) in [4.78, 5) is 23.7. The second-order valence-corrected chi connectivity index (χ2v) is 11.8. The number of unbranched alkanes of at least 4 members (excludes halogenated alkanes) is 6. The van der Waals surface area contributed by atoms with Gasteiger partial charge in [0, 0.05) is 13.2 Å². The average Bonchev–Trinajstić information content (AvgIpc) is 2.78. The topological polar surface area (TPSA) is 118 Å². The van der Waals surface area contributed by atoms with E-state index in [1.165, 1.54) is 7.11 Å². The van der Waals surface area contributed by atoms with Crippen molar-refractivity contribution < 1.29 is 33.4 Å². The summed E-state index contributed by atoms with van der Waals surface area (Å²) in [7, 11) is 1.63. The summed E-state index contributed by atoms with van der Waals surface area (Å²) in [5, 5.41) is 11.7. The fourth-order valence-electron chi connectivity index (χ4n) is 3.64. The molecule has 9 nitrogen and oxygen atoms in total. The van der Waals surface area contributed by atoms with Gasteiger partial charge in [-0.05, 0) is 26.7 Å². The molecule has 3 N–H and O–H groups in total. The van der Waals surface area contributed by atoms with Gasteiger partial charge in [-0.1, -0.05) is 32.1 Å². The van der Waals surface area contributed by atoms with Crippen molar-refractivity contribution in [3.8, 4) is 0 Å². The van der Waals surface area contributed by atoms with Crippen molar-refractivity contribution in [1.82, 2.24) is 10.2 Å². The third-order valence-electron chi connectivity index (χ3n) is 6.12. The van der Waals surface area contributed by atoms with E-state index >= 15 is 0 Å². The van der Waals surface area contributed by atoms with Crippen LogP contribution in [0.5, 0.6) is 0 Å². The van der Waals surface area contributed by atoms with Crippen molar-refractivity contribution in [3.05, 3.63) is 11.8 Å². The molecule has 0 aromatic carbocycles. The number of aliphatic hydroxyl groups is 1. The third-order valence-corrected chi connectivity index (χ3v) is 7.56. The van der Waals surface area contributed by atoms with Gasteiger partial charge in [0.25, 0.3) is 0 Å². The van der Waals surface area contributed by atoms with Crippen molar-refractivity contribution in [1.29, 1.82) is 0 Å². The molecule has 11 heteroatoms. The van der Waals surface area contributed by atoms with Crippen molar-refractivity contribution in [2.45, 2.75) is 90.3 Å². The van der Waals surface area contributed by atoms with Gasteiger partial charge in [0.2, 0.25) is 0 Å². The number of carbonyl (C=O) groups excluding carboxylic acids is 1. The summed E-state index contributed by atoms with van der Waals surface area (Å²) in [5.74, 6) is 0. The number of methoxy groups -OCH3 is 1. The number of nitrogens with zero attached hydrogens (tertiary/aromatic N) is 1. The number of hydrogen-bond acceptors (Lipinski definition) is 6. The van der Waals surface area contributed by atoms with Crippen LogP contribution >= 0.6 is 7.60 Å². The van der Waals surface area contributed by atoms with Crippen LogP contribution in [0.1, 0.15) is 78.6 Å². The molecule has 2 amide bonds. The number of nitrogens with one attached hydrogen (secondary N) is 1. The standard InChI is InChI=1S/C24H46BN2O7P/c1-20-18-27(23(29)26-22(20)25)14-12-21(32-4)19-34-35(30,31)17-11-9-7-5-6-8-10-16-33-24(2,3)13-15-28/h18,21,25,28H,5-17,19H2,1-4H3,(H,26,29)(H,30,31). The summed E-state index contributed by atoms with van der Waals surface area (Å²) < 4.78 is 28.8. The fourth-order valence-corrected chi connectivity index (χ4v) is 4.79. The van der Waals surface area contributed by atoms with Crippen LogP contribution in [0.2, 0.25) is 0 Å². The maximum atomic E-state index is 12.4. The summed E-state index contributed by atoms with van der Waals surface area (Å²) in [6.07, 6.45) is 9.46. The minimum absolute atomic E-state index is 0.00627. The molecule has 0 aromatic heterocycles. The predicted molar refractivity (Wildman–Crippen MR) is 141 cm³/mol. The van der Waals surface area contributed by atoms with Gasteiger partial charge in [-0.3, -0.25) is 0 Å². The molecule has 35 heavy (non-hydrogen) atoms. The second kappa shape index (κ2) is 16.7. The van der Waals surface area contributed by atoms with Gasteiger partial charge in [-0.25, -0.2) is 0 Å². The first kappa shape index (κ1) is 32.0. The Morgan fingerprint density at radius 3 is 2.43 bits per heavy atom. The number of amides is 2. The molecular formula is C24H46BN2O7P. The zero-order valence-electron chi connectivity index (χ0n) is 22.1. The van der Waals surface area contributed by atoms with Crippen LogP contribution in [0.4, 0.5) is 4.79 Å². The van der Waals surface area contributed by atoms with E-state index in [1.807, 2.05) is 20.8 Å². The van der Waals surface area contributed by atoms with Crippen LogP contribution < -0.4 is 5.32 Å². The van der Waals surface area contributed by atoms with Gasteiger partial charge in [0.05, 0.1) is 5.60 Å². The number of urea groups is 1. The Labute approximate surface area is 212 Å². The van der Waals surface area contributed by atoms with Gasteiger partial charge >= 0.3 is 124 Å². The molecule has 2 atom stereocenters. The van der Waals surface area contributed by atoms with Crippen LogP contribution in [-0.4, -0.2) is 85.3 Å². The first-order chi connectivity index (χ1) is 16.5. The van der Waals surface area contributed by atoms with Gasteiger partial charge < -0.3 is 9.84 Å². The van der Waals surface area contributed by atoms with Gasteiger partial charge in [-0.2, -0.15) is 0 Å². The Kier molecular flexibility index (Phi) is 15.2. The molecule has 1 aliphatic heterocycles. The SMILES string of the molecule is B=C1NC(=O)N(CCC(COP(=O)(O)CCCCCCCCCOC(C)(C)CCO)OC)C=C1C. The monoisotopic (exact) mass is 516 g/mol. The normalized spacial score (nSPS) is 17.2. The van der Waals surface area contributed by atoms with Crippen molar-refractivity contribution >= 4 is 26.7 Å². The van der Waals surface area contributed by atoms with E-state index in [0.29, 0.717) is 38.0 Å². The van der Waals surface area contributed by atoms with E-state index in [1.54, 1.807) is 11.1 Å². The van der Waals surface area contributed by atoms with Gasteiger partial charge in [0.15, 0.2) is 0 Å². The summed E-state index contributed by atoms with van der Waals surface area (Å²) in [6.45, 7) is 7.11. The molecule has 0 spiro atoms. The Morgan fingerprint density at radius 2 is 1.80 bits per heavy atom. The number of ether oxygens (including phenoxy) is 2. The van der Waals surface area contributed by atoms with Crippen LogP contribution in [0.25, 0.3) is 0 Å². The van der Waals surface area contributed by atoms with Gasteiger partial charge in [-0.15, -0.1) is 0 Å². The first-order valence-electron chi connectivity index (χ1n) is 12.7. The third kappa shape index (κ3) is 14.3. The molecular weight excluding hydrogens is 470 g/mol. The predicted octanol–water partition coefficient (Wildman–Crippen LogP) is 3.46. The summed E-state index contributed by atoms with van der Waals surface area (Å²) in [5.41, 5.74) is 1.19. The van der Waals surface area contributed by atoms with Crippen molar-refractivity contribution in [2.24, 2.45) is 0 Å². The van der Waals surface area contributed by atoms with E-state index in [4.69, 9.17) is 19.1 Å². The summed E-state index contributed by atoms with van der Waals surface area (Å²) >= 11 is 0. The van der Waals surface area contributed by atoms with Crippen LogP contribution in [0.15, 0.2) is 11.8 Å². The van der Waals surface area contributed by atoms with Crippen LogP contribution in [0.3, 0.4) is 0 Å². The molecule has 0 saturated carbocycles. The Hall–Kier alpha value is -1.03. The van der Waals surface area contributed by atoms with Crippen molar-refractivity contribution in [3.63, 3.8) is 0 Å². The molecule has 2 unspecified atom stereocenters. The van der Waals surface area contributed by atoms with E-state index in [0.717, 1.165) is 44.1 Å². The molecule has 0 bridgehead atoms. The Morgan fingerprint density at radius 1 is 1.17 bits per heavy atom. The fraction of sp³-hybridized carbons (Fsp3) is 0.833. The second-order valence-electron chi connectivity index (χ2n) is 9.77. The molecule has 1 rings (SSSR count). The van der Waals surface area contributed by atoms with E-state index in [2.05, 4.69) is 12.8 Å². The zero-order chi connectivity index (χ0) is 26.3. The molecule has 0 aliphatic carbocycles. The minimum atomic E-state index is -3.67. The molecule has 1 heterocycles. The maximum absolute atomic E-state index is 12.4. The molecule has 0 saturated heterocycles. The van der Waals surface area contributed by atoms with Crippen LogP contribution in [-0.2, 0) is 18.6 Å². The van der Waals surface area contributed by atoms with Crippen LogP contribution in [0, 0.1) is 0 Å². The first-order valence-corrected chi connectivity index (χ1v) is 14.5. The number of aliphatic hydroxyl groups excluding tert-OH is 1. The molecule has 202 valence electrons. The number of carbonyl (C=O) groups is 1. The molecule has 0 fully saturated rings. The number of hydrogen-bond donors (Lipinski definition) is 3. The van der Waals surface area contributed by atoms with E-state index < -0.39 is 7.60 Å². The molecule has 1 aliphatic rings. The van der Waals surface area contributed by atoms with Gasteiger partial charge in [0.1, 0.15) is 0 Å². The Balaban J connectivity index is 2.13. The molecule has 0 aromatic rings. The average molecular weight is 516 g/mol. The molecule has 0 radical (unpaired) electrons. The number of rotatable bonds is 20. The summed E-state index contributed by atoms with van der Waals surface area (Å²) in [6, 6.07) is -0.250. The Bertz CT molecular complexity index is 733. The van der Waals surface area contributed by atoms with Crippen molar-refractivity contribution in [2.75, 3.05) is 39.6 Å². The zero-order valence-corrected chi connectivity index (χ0v) is 23.0. The quantitative estimate of drug-likeness (QED) is 0.129. The van der Waals surface area contributed by atoms with E-state index in [-0.39, 0.29) is 37.1 Å².